The number of anilines is 1. The van der Waals surface area contributed by atoms with Crippen LogP contribution < -0.4 is 15.8 Å². The summed E-state index contributed by atoms with van der Waals surface area (Å²) in [7, 11) is 0. The fourth-order valence-electron chi connectivity index (χ4n) is 2.61. The van der Waals surface area contributed by atoms with E-state index in [4.69, 9.17) is 10.5 Å². The first-order valence-electron chi connectivity index (χ1n) is 8.70. The maximum absolute atomic E-state index is 13.2. The van der Waals surface area contributed by atoms with Crippen molar-refractivity contribution in [3.8, 4) is 11.6 Å². The van der Waals surface area contributed by atoms with Crippen LogP contribution in [0, 0.1) is 21.7 Å². The third-order valence-corrected chi connectivity index (χ3v) is 4.01. The molecule has 0 aliphatic carbocycles. The number of hydrogen-bond donors (Lipinski definition) is 2. The molecule has 30 heavy (non-hydrogen) atoms. The van der Waals surface area contributed by atoms with Crippen molar-refractivity contribution in [1.29, 1.82) is 0 Å². The molecule has 1 unspecified atom stereocenters. The molecule has 10 heteroatoms. The number of carbonyl (C=O) groups excluding carboxylic acids is 1. The summed E-state index contributed by atoms with van der Waals surface area (Å²) in [5.41, 5.74) is 6.26. The number of nitro groups is 1. The normalized spacial score (nSPS) is 11.6. The lowest BCUT2D eigenvalue weighted by molar-refractivity contribution is -0.386. The molecule has 3 N–H and O–H groups in total. The minimum atomic E-state index is -0.972. The highest BCUT2D eigenvalue weighted by atomic mass is 19.1. The van der Waals surface area contributed by atoms with Gasteiger partial charge in [0, 0.05) is 24.0 Å². The van der Waals surface area contributed by atoms with Crippen LogP contribution in [0.4, 0.5) is 20.2 Å². The van der Waals surface area contributed by atoms with Crippen LogP contribution in [0.3, 0.4) is 0 Å². The second-order valence-corrected chi connectivity index (χ2v) is 6.29. The fraction of sp³-hybridized carbons (Fsp3) is 0.100. The molecule has 3 rings (SSSR count). The molecule has 0 bridgehead atoms. The summed E-state index contributed by atoms with van der Waals surface area (Å²) in [4.78, 5) is 26.4. The van der Waals surface area contributed by atoms with Crippen LogP contribution in [-0.2, 0) is 11.2 Å². The van der Waals surface area contributed by atoms with Gasteiger partial charge in [-0.3, -0.25) is 14.9 Å². The molecule has 8 nitrogen and oxygen atoms in total. The first kappa shape index (κ1) is 20.8. The highest BCUT2D eigenvalue weighted by Crippen LogP contribution is 2.28. The monoisotopic (exact) mass is 414 g/mol. The van der Waals surface area contributed by atoms with Crippen LogP contribution >= 0.6 is 0 Å². The fourth-order valence-corrected chi connectivity index (χ4v) is 2.61. The van der Waals surface area contributed by atoms with Gasteiger partial charge in [0.1, 0.15) is 17.4 Å². The summed E-state index contributed by atoms with van der Waals surface area (Å²) in [6, 6.07) is 10.8. The SMILES string of the molecule is NC(Cc1ccc(Oc2ncccc2[N+](=O)[O-])cc1)C(=O)Nc1cc(F)cc(F)c1. The summed E-state index contributed by atoms with van der Waals surface area (Å²) < 4.78 is 31.9. The van der Waals surface area contributed by atoms with E-state index in [1.807, 2.05) is 0 Å². The molecule has 3 aromatic rings. The van der Waals surface area contributed by atoms with Crippen LogP contribution in [0.2, 0.25) is 0 Å². The van der Waals surface area contributed by atoms with E-state index in [0.29, 0.717) is 17.4 Å². The maximum atomic E-state index is 13.2. The molecule has 0 saturated carbocycles. The van der Waals surface area contributed by atoms with Crippen LogP contribution in [0.5, 0.6) is 11.6 Å². The van der Waals surface area contributed by atoms with Crippen molar-refractivity contribution in [2.45, 2.75) is 12.5 Å². The highest BCUT2D eigenvalue weighted by Gasteiger charge is 2.17. The third-order valence-electron chi connectivity index (χ3n) is 4.01. The van der Waals surface area contributed by atoms with Gasteiger partial charge in [-0.25, -0.2) is 13.8 Å². The topological polar surface area (TPSA) is 120 Å². The average Bonchev–Trinajstić information content (AvgIpc) is 2.69. The number of nitrogens with two attached hydrogens (primary N) is 1. The van der Waals surface area contributed by atoms with Gasteiger partial charge in [0.05, 0.1) is 11.0 Å². The zero-order chi connectivity index (χ0) is 21.7. The number of ether oxygens (including phenoxy) is 1. The minimum absolute atomic E-state index is 0.0337. The van der Waals surface area contributed by atoms with Crippen LogP contribution in [0.15, 0.2) is 60.8 Å². The number of carbonyl (C=O) groups is 1. The molecule has 0 aliphatic rings. The molecule has 1 heterocycles. The quantitative estimate of drug-likeness (QED) is 0.450. The number of pyridine rings is 1. The zero-order valence-corrected chi connectivity index (χ0v) is 15.4. The second-order valence-electron chi connectivity index (χ2n) is 6.29. The Morgan fingerprint density at radius 2 is 1.83 bits per heavy atom. The summed E-state index contributed by atoms with van der Waals surface area (Å²) in [6.45, 7) is 0. The van der Waals surface area contributed by atoms with Gasteiger partial charge in [-0.15, -0.1) is 0 Å². The van der Waals surface area contributed by atoms with Crippen LogP contribution in [0.25, 0.3) is 0 Å². The summed E-state index contributed by atoms with van der Waals surface area (Å²) >= 11 is 0. The number of aromatic nitrogens is 1. The molecular weight excluding hydrogens is 398 g/mol. The zero-order valence-electron chi connectivity index (χ0n) is 15.4. The van der Waals surface area contributed by atoms with Crippen molar-refractivity contribution in [3.05, 3.63) is 88.1 Å². The minimum Gasteiger partial charge on any atom is -0.434 e. The molecule has 0 radical (unpaired) electrons. The first-order chi connectivity index (χ1) is 14.3. The van der Waals surface area contributed by atoms with Crippen molar-refractivity contribution < 1.29 is 23.2 Å². The maximum Gasteiger partial charge on any atom is 0.331 e. The van der Waals surface area contributed by atoms with Gasteiger partial charge < -0.3 is 15.8 Å². The number of benzene rings is 2. The van der Waals surface area contributed by atoms with Gasteiger partial charge >= 0.3 is 5.69 Å². The number of rotatable bonds is 7. The summed E-state index contributed by atoms with van der Waals surface area (Å²) in [5.74, 6) is -2.07. The van der Waals surface area contributed by atoms with E-state index >= 15 is 0 Å². The predicted octanol–water partition coefficient (Wildman–Crippen LogP) is 3.57. The lowest BCUT2D eigenvalue weighted by Gasteiger charge is -2.13. The van der Waals surface area contributed by atoms with E-state index in [2.05, 4.69) is 10.3 Å². The predicted molar refractivity (Wildman–Crippen MR) is 104 cm³/mol. The Morgan fingerprint density at radius 1 is 1.17 bits per heavy atom. The molecule has 0 spiro atoms. The van der Waals surface area contributed by atoms with Crippen molar-refractivity contribution in [2.75, 3.05) is 5.32 Å². The Balaban J connectivity index is 1.62. The second kappa shape index (κ2) is 9.05. The molecule has 2 aromatic carbocycles. The van der Waals surface area contributed by atoms with Gasteiger partial charge in [0.2, 0.25) is 5.91 Å². The van der Waals surface area contributed by atoms with Gasteiger partial charge in [-0.2, -0.15) is 0 Å². The van der Waals surface area contributed by atoms with Gasteiger partial charge in [0.25, 0.3) is 5.88 Å². The Kier molecular flexibility index (Phi) is 6.28. The number of nitrogens with one attached hydrogen (secondary N) is 1. The smallest absolute Gasteiger partial charge is 0.331 e. The lowest BCUT2D eigenvalue weighted by atomic mass is 10.1. The van der Waals surface area contributed by atoms with Crippen LogP contribution in [-0.4, -0.2) is 21.9 Å². The molecule has 0 aliphatic heterocycles. The van der Waals surface area contributed by atoms with E-state index < -0.39 is 28.5 Å². The van der Waals surface area contributed by atoms with E-state index in [1.54, 1.807) is 24.3 Å². The van der Waals surface area contributed by atoms with Crippen molar-refractivity contribution >= 4 is 17.3 Å². The Morgan fingerprint density at radius 3 is 2.47 bits per heavy atom. The molecule has 154 valence electrons. The molecule has 1 amide bonds. The van der Waals surface area contributed by atoms with Crippen molar-refractivity contribution in [3.63, 3.8) is 0 Å². The molecule has 1 atom stereocenters. The summed E-state index contributed by atoms with van der Waals surface area (Å²) in [5, 5.41) is 13.4. The largest absolute Gasteiger partial charge is 0.434 e. The number of halogens is 2. The van der Waals surface area contributed by atoms with Crippen molar-refractivity contribution in [2.24, 2.45) is 5.73 Å². The Labute approximate surface area is 169 Å². The Hall–Kier alpha value is -3.92. The van der Waals surface area contributed by atoms with E-state index in [1.165, 1.54) is 18.3 Å². The average molecular weight is 414 g/mol. The van der Waals surface area contributed by atoms with Gasteiger partial charge in [0.15, 0.2) is 0 Å². The third kappa shape index (κ3) is 5.32. The molecular formula is C20H16F2N4O4. The standard InChI is InChI=1S/C20H16F2N4O4/c21-13-9-14(22)11-15(10-13)25-19(27)17(23)8-12-3-5-16(6-4-12)30-20-18(26(28)29)2-1-7-24-20/h1-7,9-11,17H,8,23H2,(H,25,27). The summed E-state index contributed by atoms with van der Waals surface area (Å²) in [6.07, 6.45) is 1.52. The Bertz CT molecular complexity index is 1060. The van der Waals surface area contributed by atoms with Gasteiger partial charge in [-0.05, 0) is 42.3 Å². The number of nitrogens with zero attached hydrogens (tertiary/aromatic N) is 2. The molecule has 1 aromatic heterocycles. The lowest BCUT2D eigenvalue weighted by Crippen LogP contribution is -2.37. The van der Waals surface area contributed by atoms with E-state index in [9.17, 15) is 23.7 Å². The molecule has 0 fully saturated rings. The van der Waals surface area contributed by atoms with Crippen molar-refractivity contribution in [1.82, 2.24) is 4.98 Å². The number of hydrogen-bond acceptors (Lipinski definition) is 6. The number of amides is 1. The van der Waals surface area contributed by atoms with E-state index in [0.717, 1.165) is 12.1 Å². The van der Waals surface area contributed by atoms with Crippen LogP contribution in [0.1, 0.15) is 5.56 Å². The van der Waals surface area contributed by atoms with E-state index in [-0.39, 0.29) is 23.7 Å². The first-order valence-corrected chi connectivity index (χ1v) is 8.70. The molecule has 0 saturated heterocycles. The highest BCUT2D eigenvalue weighted by molar-refractivity contribution is 5.94. The van der Waals surface area contributed by atoms with Gasteiger partial charge in [-0.1, -0.05) is 12.1 Å².